The highest BCUT2D eigenvalue weighted by Crippen LogP contribution is 2.30. The number of hydrogen-bond donors (Lipinski definition) is 2. The molecule has 4 heteroatoms. The van der Waals surface area contributed by atoms with Crippen LogP contribution in [0.4, 0.5) is 5.69 Å². The molecule has 0 unspecified atom stereocenters. The van der Waals surface area contributed by atoms with Crippen molar-refractivity contribution in [1.82, 2.24) is 0 Å². The summed E-state index contributed by atoms with van der Waals surface area (Å²) in [6.07, 6.45) is 4.39. The van der Waals surface area contributed by atoms with Crippen LogP contribution in [0.1, 0.15) is 31.2 Å². The number of benzene rings is 1. The van der Waals surface area contributed by atoms with Crippen LogP contribution < -0.4 is 16.2 Å². The van der Waals surface area contributed by atoms with Crippen LogP contribution in [0.15, 0.2) is 18.2 Å². The topological polar surface area (TPSA) is 85.1 Å². The first kappa shape index (κ1) is 12.7. The summed E-state index contributed by atoms with van der Waals surface area (Å²) in [6, 6.07) is 7.45. The van der Waals surface area contributed by atoms with E-state index in [-0.39, 0.29) is 6.10 Å². The average Bonchev–Trinajstić information content (AvgIpc) is 2.40. The van der Waals surface area contributed by atoms with E-state index in [0.717, 1.165) is 32.2 Å². The number of rotatable bonds is 3. The van der Waals surface area contributed by atoms with Crippen LogP contribution in [0, 0.1) is 17.2 Å². The van der Waals surface area contributed by atoms with Crippen LogP contribution in [0.5, 0.6) is 5.75 Å². The normalized spacial score (nSPS) is 23.3. The molecule has 0 aromatic heterocycles. The number of nitriles is 1. The Labute approximate surface area is 108 Å². The lowest BCUT2D eigenvalue weighted by Crippen LogP contribution is -2.27. The number of nitrogen functional groups attached to an aromatic ring is 1. The van der Waals surface area contributed by atoms with Gasteiger partial charge in [0.2, 0.25) is 0 Å². The lowest BCUT2D eigenvalue weighted by atomic mass is 9.87. The summed E-state index contributed by atoms with van der Waals surface area (Å²) in [4.78, 5) is 0. The minimum absolute atomic E-state index is 0.182. The molecule has 0 saturated heterocycles. The monoisotopic (exact) mass is 245 g/mol. The van der Waals surface area contributed by atoms with Crippen LogP contribution in [0.2, 0.25) is 0 Å². The van der Waals surface area contributed by atoms with Crippen molar-refractivity contribution in [2.45, 2.75) is 31.8 Å². The molecule has 0 heterocycles. The van der Waals surface area contributed by atoms with E-state index in [2.05, 4.69) is 6.07 Å². The Kier molecular flexibility index (Phi) is 4.06. The van der Waals surface area contributed by atoms with Crippen molar-refractivity contribution in [1.29, 1.82) is 5.26 Å². The number of ether oxygens (including phenoxy) is 1. The summed E-state index contributed by atoms with van der Waals surface area (Å²) >= 11 is 0. The van der Waals surface area contributed by atoms with Crippen LogP contribution in [0.25, 0.3) is 0 Å². The van der Waals surface area contributed by atoms with Gasteiger partial charge >= 0.3 is 0 Å². The van der Waals surface area contributed by atoms with Gasteiger partial charge in [-0.15, -0.1) is 0 Å². The quantitative estimate of drug-likeness (QED) is 0.798. The van der Waals surface area contributed by atoms with Gasteiger partial charge in [-0.3, -0.25) is 0 Å². The Morgan fingerprint density at radius 2 is 2.00 bits per heavy atom. The predicted molar refractivity (Wildman–Crippen MR) is 71.0 cm³/mol. The van der Waals surface area contributed by atoms with Gasteiger partial charge in [0.15, 0.2) is 0 Å². The van der Waals surface area contributed by atoms with E-state index >= 15 is 0 Å². The molecule has 0 spiro atoms. The number of anilines is 1. The molecule has 1 saturated carbocycles. The van der Waals surface area contributed by atoms with Crippen LogP contribution in [-0.2, 0) is 0 Å². The van der Waals surface area contributed by atoms with Gasteiger partial charge in [-0.25, -0.2) is 0 Å². The molecular formula is C14H19N3O. The average molecular weight is 245 g/mol. The second kappa shape index (κ2) is 5.74. The smallest absolute Gasteiger partial charge is 0.139 e. The van der Waals surface area contributed by atoms with E-state index < -0.39 is 0 Å². The minimum atomic E-state index is 0.182. The van der Waals surface area contributed by atoms with Gasteiger partial charge < -0.3 is 16.2 Å². The number of hydrogen-bond acceptors (Lipinski definition) is 4. The van der Waals surface area contributed by atoms with Gasteiger partial charge in [0.25, 0.3) is 0 Å². The molecule has 18 heavy (non-hydrogen) atoms. The van der Waals surface area contributed by atoms with Crippen molar-refractivity contribution >= 4 is 5.69 Å². The van der Waals surface area contributed by atoms with E-state index in [0.29, 0.717) is 22.9 Å². The number of nitrogens with zero attached hydrogens (tertiary/aromatic N) is 1. The predicted octanol–water partition coefficient (Wildman–Crippen LogP) is 2.04. The lowest BCUT2D eigenvalue weighted by Gasteiger charge is -2.28. The molecule has 0 atom stereocenters. The van der Waals surface area contributed by atoms with Crippen LogP contribution in [0.3, 0.4) is 0 Å². The maximum atomic E-state index is 9.08. The SMILES string of the molecule is N#Cc1c(N)cccc1O[C@H]1CC[C@H](CN)CC1. The van der Waals surface area contributed by atoms with E-state index in [4.69, 9.17) is 21.5 Å². The third-order valence-electron chi connectivity index (χ3n) is 3.59. The zero-order valence-corrected chi connectivity index (χ0v) is 10.4. The molecule has 0 radical (unpaired) electrons. The Bertz CT molecular complexity index is 445. The van der Waals surface area contributed by atoms with Crippen molar-refractivity contribution in [3.05, 3.63) is 23.8 Å². The zero-order valence-electron chi connectivity index (χ0n) is 10.4. The summed E-state index contributed by atoms with van der Waals surface area (Å²) in [5.74, 6) is 1.23. The summed E-state index contributed by atoms with van der Waals surface area (Å²) in [5, 5.41) is 9.08. The second-order valence-electron chi connectivity index (χ2n) is 4.83. The van der Waals surface area contributed by atoms with E-state index in [1.165, 1.54) is 0 Å². The molecule has 0 bridgehead atoms. The molecule has 4 nitrogen and oxygen atoms in total. The van der Waals surface area contributed by atoms with E-state index in [1.807, 2.05) is 12.1 Å². The minimum Gasteiger partial charge on any atom is -0.489 e. The second-order valence-corrected chi connectivity index (χ2v) is 4.83. The van der Waals surface area contributed by atoms with Crippen LogP contribution >= 0.6 is 0 Å². The van der Waals surface area contributed by atoms with Gasteiger partial charge in [-0.2, -0.15) is 5.26 Å². The third-order valence-corrected chi connectivity index (χ3v) is 3.59. The highest BCUT2D eigenvalue weighted by molar-refractivity contribution is 5.60. The van der Waals surface area contributed by atoms with Crippen molar-refractivity contribution in [2.24, 2.45) is 11.7 Å². The molecule has 1 aliphatic rings. The van der Waals surface area contributed by atoms with Gasteiger partial charge in [-0.05, 0) is 50.3 Å². The zero-order chi connectivity index (χ0) is 13.0. The molecule has 1 aromatic rings. The Balaban J connectivity index is 2.03. The Morgan fingerprint density at radius 1 is 1.28 bits per heavy atom. The maximum Gasteiger partial charge on any atom is 0.139 e. The molecular weight excluding hydrogens is 226 g/mol. The lowest BCUT2D eigenvalue weighted by molar-refractivity contribution is 0.133. The first-order valence-electron chi connectivity index (χ1n) is 6.40. The van der Waals surface area contributed by atoms with Gasteiger partial charge in [0.05, 0.1) is 11.8 Å². The molecule has 1 aliphatic carbocycles. The van der Waals surface area contributed by atoms with Gasteiger partial charge in [0.1, 0.15) is 17.4 Å². The number of nitrogens with two attached hydrogens (primary N) is 2. The maximum absolute atomic E-state index is 9.08. The fraction of sp³-hybridized carbons (Fsp3) is 0.500. The molecule has 0 aliphatic heterocycles. The van der Waals surface area contributed by atoms with Crippen molar-refractivity contribution in [3.63, 3.8) is 0 Å². The first-order valence-corrected chi connectivity index (χ1v) is 6.40. The van der Waals surface area contributed by atoms with Crippen molar-refractivity contribution in [2.75, 3.05) is 12.3 Å². The third kappa shape index (κ3) is 2.74. The molecule has 0 amide bonds. The van der Waals surface area contributed by atoms with Crippen LogP contribution in [-0.4, -0.2) is 12.6 Å². The van der Waals surface area contributed by atoms with E-state index in [9.17, 15) is 0 Å². The van der Waals surface area contributed by atoms with Gasteiger partial charge in [-0.1, -0.05) is 6.07 Å². The Morgan fingerprint density at radius 3 is 2.61 bits per heavy atom. The molecule has 1 aromatic carbocycles. The molecule has 4 N–H and O–H groups in total. The highest BCUT2D eigenvalue weighted by Gasteiger charge is 2.22. The van der Waals surface area contributed by atoms with Gasteiger partial charge in [0, 0.05) is 0 Å². The molecule has 1 fully saturated rings. The summed E-state index contributed by atoms with van der Waals surface area (Å²) in [7, 11) is 0. The first-order chi connectivity index (χ1) is 8.74. The fourth-order valence-electron chi connectivity index (χ4n) is 2.43. The molecule has 96 valence electrons. The van der Waals surface area contributed by atoms with Crippen molar-refractivity contribution in [3.8, 4) is 11.8 Å². The van der Waals surface area contributed by atoms with E-state index in [1.54, 1.807) is 6.07 Å². The standard InChI is InChI=1S/C14H19N3O/c15-8-10-4-6-11(7-5-10)18-14-3-1-2-13(17)12(14)9-16/h1-3,10-11H,4-8,15,17H2/t10-,11-. The summed E-state index contributed by atoms with van der Waals surface area (Å²) in [6.45, 7) is 0.758. The Hall–Kier alpha value is -1.73. The fourth-order valence-corrected chi connectivity index (χ4v) is 2.43. The van der Waals surface area contributed by atoms with Crippen molar-refractivity contribution < 1.29 is 4.74 Å². The summed E-state index contributed by atoms with van der Waals surface area (Å²) < 4.78 is 5.91. The highest BCUT2D eigenvalue weighted by atomic mass is 16.5. The summed E-state index contributed by atoms with van der Waals surface area (Å²) in [5.41, 5.74) is 12.3. The largest absolute Gasteiger partial charge is 0.489 e. The molecule has 2 rings (SSSR count).